The fourth-order valence-corrected chi connectivity index (χ4v) is 9.36. The summed E-state index contributed by atoms with van der Waals surface area (Å²) in [6.07, 6.45) is 1.64. The molecule has 3 heterocycles. The van der Waals surface area contributed by atoms with Gasteiger partial charge in [-0.25, -0.2) is 0 Å². The Labute approximate surface area is 256 Å². The van der Waals surface area contributed by atoms with E-state index in [9.17, 15) is 20.1 Å². The molecule has 1 saturated heterocycles. The third-order valence-corrected chi connectivity index (χ3v) is 11.9. The van der Waals surface area contributed by atoms with E-state index in [-0.39, 0.29) is 48.8 Å². The summed E-state index contributed by atoms with van der Waals surface area (Å²) in [7, 11) is 1.97. The molecule has 4 rings (SSSR count). The molecule has 3 aliphatic rings. The molecule has 0 bridgehead atoms. The number of aliphatic carboxylic acids is 1. The first-order chi connectivity index (χ1) is 17.5. The number of likely N-dealkylation sites (N-methyl/N-ethyl adjacent to an activating group) is 1. The van der Waals surface area contributed by atoms with Gasteiger partial charge in [0.25, 0.3) is 0 Å². The van der Waals surface area contributed by atoms with E-state index in [0.717, 1.165) is 35.6 Å². The van der Waals surface area contributed by atoms with E-state index in [1.165, 1.54) is 11.8 Å². The van der Waals surface area contributed by atoms with Gasteiger partial charge < -0.3 is 20.1 Å². The maximum Gasteiger partial charge on any atom is 3.00 e. The second-order valence-electron chi connectivity index (χ2n) is 10.6. The minimum atomic E-state index is -1.29. The topological polar surface area (TPSA) is 114 Å². The number of nitrogens with zero attached hydrogens (tertiary/aromatic N) is 3. The molecule has 3 aliphatic heterocycles. The number of carbonyl (C=O) groups is 1. The van der Waals surface area contributed by atoms with E-state index < -0.39 is 23.0 Å². The van der Waals surface area contributed by atoms with Gasteiger partial charge in [0.2, 0.25) is 0 Å². The standard InChI is InChI=1S/C26H35ClN3O4S3.Ga/c1-25(2,23-29-26(3,14-37-23)24(33)34)20(32)17-13-36-22(30(17)4)16-12-35-21(28-16)19-15(8-5-6-11-27)9-7-10-18(19)31;/h7,9-10,16-17,20,22,31H,5-6,8,11-14H2,1-4H3,(H,33,34);/q-1;+3/p-2/t16-,17+,20-,22-,26-;/m1./s1. The van der Waals surface area contributed by atoms with Crippen LogP contribution < -0.4 is 15.3 Å². The van der Waals surface area contributed by atoms with Crippen LogP contribution in [0.5, 0.6) is 5.75 Å². The molecule has 0 unspecified atom stereocenters. The summed E-state index contributed by atoms with van der Waals surface area (Å²) in [4.78, 5) is 23.1. The van der Waals surface area contributed by atoms with Crippen LogP contribution in [-0.4, -0.2) is 100 Å². The van der Waals surface area contributed by atoms with Crippen molar-refractivity contribution in [2.45, 2.75) is 69.1 Å². The number of unbranched alkanes of at least 4 members (excludes halogenated alkanes) is 1. The minimum Gasteiger partial charge on any atom is -0.872 e. The van der Waals surface area contributed by atoms with Crippen molar-refractivity contribution in [3.05, 3.63) is 29.3 Å². The largest absolute Gasteiger partial charge is 3.00 e. The van der Waals surface area contributed by atoms with Gasteiger partial charge in [-0.3, -0.25) is 14.9 Å². The Morgan fingerprint density at radius 3 is 2.68 bits per heavy atom. The number of carboxylic acid groups (broad SMARTS) is 1. The van der Waals surface area contributed by atoms with Crippen molar-refractivity contribution in [3.8, 4) is 5.75 Å². The van der Waals surface area contributed by atoms with E-state index in [0.29, 0.717) is 22.2 Å². The number of hydrogen-bond acceptors (Lipinski definition) is 10. The van der Waals surface area contributed by atoms with Crippen LogP contribution in [-0.2, 0) is 11.2 Å². The van der Waals surface area contributed by atoms with Crippen LogP contribution in [0.15, 0.2) is 28.2 Å². The Morgan fingerprint density at radius 1 is 1.29 bits per heavy atom. The van der Waals surface area contributed by atoms with Crippen LogP contribution in [0, 0.1) is 5.41 Å². The molecule has 38 heavy (non-hydrogen) atoms. The molecule has 0 saturated carbocycles. The Kier molecular flexibility index (Phi) is 11.2. The van der Waals surface area contributed by atoms with Crippen LogP contribution in [0.25, 0.3) is 0 Å². The van der Waals surface area contributed by atoms with Crippen molar-refractivity contribution in [2.24, 2.45) is 15.4 Å². The normalized spacial score (nSPS) is 28.6. The zero-order valence-electron chi connectivity index (χ0n) is 22.1. The van der Waals surface area contributed by atoms with E-state index in [1.807, 2.05) is 33.0 Å². The van der Waals surface area contributed by atoms with Crippen LogP contribution in [0.1, 0.15) is 44.7 Å². The van der Waals surface area contributed by atoms with E-state index in [4.69, 9.17) is 16.6 Å². The Bertz CT molecular complexity index is 1090. The molecule has 204 valence electrons. The molecule has 1 aromatic carbocycles. The predicted molar refractivity (Wildman–Crippen MR) is 157 cm³/mol. The average molecular weight is 653 g/mol. The molecule has 5 atom stereocenters. The number of rotatable bonds is 10. The molecule has 0 aliphatic carbocycles. The minimum absolute atomic E-state index is 0. The number of aliphatic imine (C=N–C) groups is 2. The molecular formula is C26H33ClGaN3O4S3. The van der Waals surface area contributed by atoms with Gasteiger partial charge in [0.15, 0.2) is 0 Å². The molecule has 0 spiro atoms. The number of carbonyl (C=O) groups excluding carboxylic acids is 1. The third-order valence-electron chi connectivity index (χ3n) is 7.41. The summed E-state index contributed by atoms with van der Waals surface area (Å²) in [6, 6.07) is 5.15. The predicted octanol–water partition coefficient (Wildman–Crippen LogP) is 1.59. The SMILES string of the molecule is CN1[C@@H]([C@H]2CSC(c3c([O-])cccc3CCCCCl)=N2)SC[C@H]1[C@@H]([O-])C(C)(C)C1=N[C@@](C)(C(=O)[O-])CS1.[Ga+3]. The summed E-state index contributed by atoms with van der Waals surface area (Å²) in [5, 5.41) is 39.5. The molecule has 0 aromatic heterocycles. The van der Waals surface area contributed by atoms with Crippen LogP contribution >= 0.6 is 46.9 Å². The van der Waals surface area contributed by atoms with Gasteiger partial charge in [0.1, 0.15) is 5.54 Å². The maximum atomic E-state index is 13.8. The summed E-state index contributed by atoms with van der Waals surface area (Å²) in [6.45, 7) is 5.27. The van der Waals surface area contributed by atoms with Gasteiger partial charge in [-0.2, -0.15) is 0 Å². The van der Waals surface area contributed by atoms with Gasteiger partial charge in [0, 0.05) is 40.2 Å². The molecule has 0 amide bonds. The fourth-order valence-electron chi connectivity index (χ4n) is 4.95. The Hall–Kier alpha value is -0.274. The second-order valence-corrected chi connectivity index (χ2v) is 14.1. The second kappa shape index (κ2) is 13.1. The third kappa shape index (κ3) is 6.45. The van der Waals surface area contributed by atoms with Crippen molar-refractivity contribution in [1.29, 1.82) is 0 Å². The Morgan fingerprint density at radius 2 is 2.03 bits per heavy atom. The monoisotopic (exact) mass is 651 g/mol. The number of alkyl halides is 1. The molecule has 0 N–H and O–H groups in total. The van der Waals surface area contributed by atoms with Crippen LogP contribution in [0.3, 0.4) is 0 Å². The first-order valence-corrected chi connectivity index (χ1v) is 16.0. The number of benzene rings is 1. The van der Waals surface area contributed by atoms with Crippen molar-refractivity contribution in [3.63, 3.8) is 0 Å². The zero-order valence-corrected chi connectivity index (χ0v) is 27.8. The molecule has 7 nitrogen and oxygen atoms in total. The Balaban J connectivity index is 0.00000400. The average Bonchev–Trinajstić information content (AvgIpc) is 3.58. The van der Waals surface area contributed by atoms with Crippen molar-refractivity contribution >= 4 is 82.7 Å². The fraction of sp³-hybridized carbons (Fsp3) is 0.654. The summed E-state index contributed by atoms with van der Waals surface area (Å²) in [5.41, 5.74) is -0.371. The van der Waals surface area contributed by atoms with Gasteiger partial charge >= 0.3 is 19.8 Å². The van der Waals surface area contributed by atoms with Gasteiger partial charge in [-0.05, 0) is 38.8 Å². The smallest absolute Gasteiger partial charge is 0.872 e. The first-order valence-electron chi connectivity index (χ1n) is 12.5. The summed E-state index contributed by atoms with van der Waals surface area (Å²) in [5.74, 6) is 1.11. The first kappa shape index (κ1) is 32.2. The van der Waals surface area contributed by atoms with E-state index in [1.54, 1.807) is 36.5 Å². The molecule has 0 radical (unpaired) electrons. The number of aryl methyl sites for hydroxylation is 1. The van der Waals surface area contributed by atoms with Crippen molar-refractivity contribution in [1.82, 2.24) is 4.90 Å². The van der Waals surface area contributed by atoms with E-state index in [2.05, 4.69) is 9.89 Å². The quantitative estimate of drug-likeness (QED) is 0.213. The van der Waals surface area contributed by atoms with Crippen LogP contribution in [0.2, 0.25) is 0 Å². The van der Waals surface area contributed by atoms with Gasteiger partial charge in [-0.15, -0.1) is 46.9 Å². The molecule has 12 heteroatoms. The van der Waals surface area contributed by atoms with Crippen molar-refractivity contribution < 1.29 is 20.1 Å². The van der Waals surface area contributed by atoms with E-state index >= 15 is 0 Å². The zero-order chi connectivity index (χ0) is 27.0. The molecular weight excluding hydrogens is 620 g/mol. The van der Waals surface area contributed by atoms with Crippen molar-refractivity contribution in [2.75, 3.05) is 30.2 Å². The summed E-state index contributed by atoms with van der Waals surface area (Å²) >= 11 is 10.5. The number of halogens is 1. The van der Waals surface area contributed by atoms with Gasteiger partial charge in [0.05, 0.1) is 27.5 Å². The van der Waals surface area contributed by atoms with Gasteiger partial charge in [-0.1, -0.05) is 43.9 Å². The number of hydrogen-bond donors (Lipinski definition) is 0. The number of carboxylic acids is 1. The summed E-state index contributed by atoms with van der Waals surface area (Å²) < 4.78 is 0. The maximum absolute atomic E-state index is 13.8. The molecule has 1 aromatic rings. The number of thioether (sulfide) groups is 3. The molecule has 1 fully saturated rings. The van der Waals surface area contributed by atoms with Crippen LogP contribution in [0.4, 0.5) is 0 Å².